The summed E-state index contributed by atoms with van der Waals surface area (Å²) in [5, 5.41) is 51.4. The molecular weight excluding hydrogens is 919 g/mol. The Morgan fingerprint density at radius 3 is 2.27 bits per heavy atom. The van der Waals surface area contributed by atoms with Crippen molar-refractivity contribution < 1.29 is 49.0 Å². The smallest absolute Gasteiger partial charge is 0.316 e. The second-order valence-corrected chi connectivity index (χ2v) is 21.5. The number of rotatable bonds is 11. The highest BCUT2D eigenvalue weighted by Gasteiger charge is 2.65. The Balaban J connectivity index is 1.08. The van der Waals surface area contributed by atoms with Gasteiger partial charge in [0.05, 0.1) is 25.7 Å². The third-order valence-corrected chi connectivity index (χ3v) is 17.6. The van der Waals surface area contributed by atoms with Crippen LogP contribution in [0, 0.1) is 23.2 Å². The van der Waals surface area contributed by atoms with Gasteiger partial charge in [0, 0.05) is 31.2 Å². The van der Waals surface area contributed by atoms with E-state index >= 15 is 4.79 Å². The van der Waals surface area contributed by atoms with Crippen LogP contribution in [0.2, 0.25) is 0 Å². The van der Waals surface area contributed by atoms with Crippen LogP contribution in [0.15, 0.2) is 115 Å². The first kappa shape index (κ1) is 48.4. The van der Waals surface area contributed by atoms with Crippen LogP contribution in [0.25, 0.3) is 28.0 Å². The number of nitrogens with one attached hydrogen (secondary N) is 1. The van der Waals surface area contributed by atoms with Crippen LogP contribution in [0.5, 0.6) is 28.7 Å². The van der Waals surface area contributed by atoms with Crippen molar-refractivity contribution in [1.82, 2.24) is 5.32 Å². The summed E-state index contributed by atoms with van der Waals surface area (Å²) in [5.41, 5.74) is 6.77. The van der Waals surface area contributed by atoms with Crippen molar-refractivity contribution in [2.45, 2.75) is 107 Å². The molecule has 9 atom stereocenters. The fourth-order valence-electron chi connectivity index (χ4n) is 14.6. The summed E-state index contributed by atoms with van der Waals surface area (Å²) >= 11 is 0. The van der Waals surface area contributed by atoms with Gasteiger partial charge in [-0.1, -0.05) is 85.7 Å². The molecule has 378 valence electrons. The molecule has 0 aliphatic heterocycles. The van der Waals surface area contributed by atoms with E-state index in [1.165, 1.54) is 14.0 Å². The molecule has 5 N–H and O–H groups in total. The van der Waals surface area contributed by atoms with Crippen LogP contribution in [-0.4, -0.2) is 71.9 Å². The van der Waals surface area contributed by atoms with Crippen molar-refractivity contribution >= 4 is 28.8 Å². The minimum atomic E-state index is -0.977. The van der Waals surface area contributed by atoms with Gasteiger partial charge < -0.3 is 44.7 Å². The normalized spacial score (nSPS) is 26.7. The van der Waals surface area contributed by atoms with E-state index in [0.29, 0.717) is 56.6 Å². The summed E-state index contributed by atoms with van der Waals surface area (Å²) in [4.78, 5) is 29.3. The van der Waals surface area contributed by atoms with Gasteiger partial charge in [-0.25, -0.2) is 0 Å². The summed E-state index contributed by atoms with van der Waals surface area (Å²) in [6.45, 7) is 2.12. The summed E-state index contributed by atoms with van der Waals surface area (Å²) < 4.78 is 25.2. The summed E-state index contributed by atoms with van der Waals surface area (Å²) in [7, 11) is 4.98. The van der Waals surface area contributed by atoms with Gasteiger partial charge in [0.15, 0.2) is 23.0 Å². The van der Waals surface area contributed by atoms with Gasteiger partial charge >= 0.3 is 11.9 Å². The number of allylic oxidation sites excluding steroid dienone is 1. The van der Waals surface area contributed by atoms with E-state index in [4.69, 9.17) is 18.9 Å². The zero-order valence-electron chi connectivity index (χ0n) is 42.0. The predicted molar refractivity (Wildman–Crippen MR) is 280 cm³/mol. The van der Waals surface area contributed by atoms with Crippen molar-refractivity contribution in [2.75, 3.05) is 21.3 Å². The topological polar surface area (TPSA) is 164 Å². The van der Waals surface area contributed by atoms with E-state index < -0.39 is 35.1 Å². The number of phenols is 3. The number of methoxy groups -OCH3 is 2. The zero-order chi connectivity index (χ0) is 50.8. The maximum absolute atomic E-state index is 15.7. The predicted octanol–water partition coefficient (Wildman–Crippen LogP) is 10.8. The lowest BCUT2D eigenvalue weighted by molar-refractivity contribution is -0.178. The molecule has 5 aliphatic carbocycles. The molecule has 5 aliphatic rings. The van der Waals surface area contributed by atoms with E-state index in [1.807, 2.05) is 61.6 Å². The van der Waals surface area contributed by atoms with Crippen LogP contribution in [-0.2, 0) is 43.9 Å². The molecule has 11 heteroatoms. The molecule has 0 unspecified atom stereocenters. The minimum absolute atomic E-state index is 0.0129. The van der Waals surface area contributed by atoms with Crippen molar-refractivity contribution in [3.8, 4) is 39.9 Å². The van der Waals surface area contributed by atoms with Gasteiger partial charge in [0.1, 0.15) is 18.0 Å². The van der Waals surface area contributed by atoms with E-state index in [-0.39, 0.29) is 59.2 Å². The Hall–Kier alpha value is -6.82. The molecular formula is C62H65NO10. The van der Waals surface area contributed by atoms with Crippen LogP contribution < -0.4 is 14.8 Å². The number of phenolic OH excluding ortho intramolecular Hbond substituents is 3. The number of ether oxygens (including phenoxy) is 4. The van der Waals surface area contributed by atoms with E-state index in [1.54, 1.807) is 31.4 Å². The Kier molecular flexibility index (Phi) is 12.8. The van der Waals surface area contributed by atoms with Crippen LogP contribution >= 0.6 is 0 Å². The standard InChI is InChI=1S/C62H65NO10/c1-35(64)72-56-30-44(73-60(69)61(18-8-9-19-61)42-16-15-39-22-43(65)28-46(45(39)27-42)38-14-10-13-37(21-38)34-63-2)29-49-47-32-58(71-4)54(67)25-40(47)23-50-53(66)33-51-48-31-55(68)57(70-3)26-41(48)24-52(56)62(51,59(49)50)20-17-36-11-6-5-7-12-36/h5-7,10-17,20-22,25-28,31-32,44,49-53,56,59,63,65-68H,8-9,18-19,23-24,29-30,33-34H2,1-4H3/b20-17+/t44-,49+,50+,51-,52+,53-,56+,59-,62+/m0/s1. The van der Waals surface area contributed by atoms with Gasteiger partial charge in [-0.05, 0) is 179 Å². The summed E-state index contributed by atoms with van der Waals surface area (Å²) in [6, 6.07) is 35.5. The number of benzene rings is 6. The number of fused-ring (bicyclic) bond motifs is 5. The summed E-state index contributed by atoms with van der Waals surface area (Å²) in [5.74, 6) is -1.56. The molecule has 11 nitrogen and oxygen atoms in total. The van der Waals surface area contributed by atoms with Crippen molar-refractivity contribution in [3.05, 3.63) is 154 Å². The van der Waals surface area contributed by atoms with Crippen LogP contribution in [0.4, 0.5) is 0 Å². The molecule has 0 saturated heterocycles. The average Bonchev–Trinajstić information content (AvgIpc) is 3.89. The second-order valence-electron chi connectivity index (χ2n) is 21.5. The number of aromatic hydroxyl groups is 3. The molecule has 6 aromatic carbocycles. The Morgan fingerprint density at radius 2 is 1.52 bits per heavy atom. The number of carbonyl (C=O) groups excluding carboxylic acids is 2. The number of aliphatic hydroxyl groups excluding tert-OH is 1. The molecule has 11 rings (SSSR count). The third-order valence-electron chi connectivity index (χ3n) is 17.6. The number of hydrogen-bond acceptors (Lipinski definition) is 11. The first-order valence-corrected chi connectivity index (χ1v) is 26.0. The molecule has 3 saturated carbocycles. The lowest BCUT2D eigenvalue weighted by Crippen LogP contribution is -2.62. The maximum Gasteiger partial charge on any atom is 0.316 e. The van der Waals surface area contributed by atoms with Crippen molar-refractivity contribution in [1.29, 1.82) is 0 Å². The molecule has 3 fully saturated rings. The second kappa shape index (κ2) is 19.2. The first-order chi connectivity index (χ1) is 35.3. The highest BCUT2D eigenvalue weighted by molar-refractivity contribution is 5.99. The molecule has 0 aromatic heterocycles. The number of hydrogen-bond donors (Lipinski definition) is 5. The van der Waals surface area contributed by atoms with Crippen LogP contribution in [0.3, 0.4) is 0 Å². The highest BCUT2D eigenvalue weighted by Crippen LogP contribution is 2.70. The Bertz CT molecular complexity index is 3120. The molecule has 6 aromatic rings. The number of carbonyl (C=O) groups is 2. The molecule has 0 heterocycles. The van der Waals surface area contributed by atoms with E-state index in [0.717, 1.165) is 73.7 Å². The lowest BCUT2D eigenvalue weighted by atomic mass is 9.40. The fourth-order valence-corrected chi connectivity index (χ4v) is 14.6. The molecule has 0 spiro atoms. The van der Waals surface area contributed by atoms with Gasteiger partial charge in [-0.3, -0.25) is 9.59 Å². The van der Waals surface area contributed by atoms with Gasteiger partial charge in [-0.2, -0.15) is 0 Å². The minimum Gasteiger partial charge on any atom is -0.508 e. The Labute approximate surface area is 426 Å². The SMILES string of the molecule is CNCc1cccc(-c2cc(O)cc3ccc(C4(C(=O)O[C@H]5C[C@@H]6c7cc(OC)c(O)cc7C[C@H]7[C@H]6[C@@]6(/C=C/c8ccccc8)[C@H](Cc8cc(OC)c(O)cc8[C@@H]6C[C@@H]7O)[C@H](OC(C)=O)C5)CCCC4)cc23)c1. The average molecular weight is 984 g/mol. The van der Waals surface area contributed by atoms with E-state index in [2.05, 4.69) is 47.8 Å². The van der Waals surface area contributed by atoms with Crippen LogP contribution in [0.1, 0.15) is 103 Å². The quantitative estimate of drug-likeness (QED) is 0.0785. The lowest BCUT2D eigenvalue weighted by Gasteiger charge is -2.64. The van der Waals surface area contributed by atoms with Gasteiger partial charge in [-0.15, -0.1) is 0 Å². The molecule has 0 bridgehead atoms. The monoisotopic (exact) mass is 983 g/mol. The van der Waals surface area contributed by atoms with E-state index in [9.17, 15) is 25.2 Å². The maximum atomic E-state index is 15.7. The molecule has 0 radical (unpaired) electrons. The zero-order valence-corrected chi connectivity index (χ0v) is 42.0. The highest BCUT2D eigenvalue weighted by atomic mass is 16.6. The third kappa shape index (κ3) is 8.38. The number of aliphatic hydroxyl groups is 1. The largest absolute Gasteiger partial charge is 0.508 e. The number of esters is 2. The summed E-state index contributed by atoms with van der Waals surface area (Å²) in [6.07, 6.45) is 6.95. The molecule has 73 heavy (non-hydrogen) atoms. The van der Waals surface area contributed by atoms with Crippen molar-refractivity contribution in [3.63, 3.8) is 0 Å². The Morgan fingerprint density at radius 1 is 0.767 bits per heavy atom. The first-order valence-electron chi connectivity index (χ1n) is 26.0. The fraction of sp³-hybridized carbons (Fsp3) is 0.387. The van der Waals surface area contributed by atoms with Gasteiger partial charge in [0.2, 0.25) is 0 Å². The van der Waals surface area contributed by atoms with Gasteiger partial charge in [0.25, 0.3) is 0 Å². The molecule has 0 amide bonds. The van der Waals surface area contributed by atoms with Crippen molar-refractivity contribution in [2.24, 2.45) is 23.2 Å².